The normalized spacial score (nSPS) is 13.8. The van der Waals surface area contributed by atoms with Crippen molar-refractivity contribution in [3.8, 4) is 16.9 Å². The molecule has 1 saturated carbocycles. The maximum Gasteiger partial charge on any atom is 0.255 e. The molecule has 4 aromatic carbocycles. The molecule has 3 heteroatoms. The third kappa shape index (κ3) is 6.30. The average molecular weight is 544 g/mol. The summed E-state index contributed by atoms with van der Waals surface area (Å²) in [5.74, 6) is 1.17. The maximum atomic E-state index is 13.3. The first-order valence-electron chi connectivity index (χ1n) is 14.8. The van der Waals surface area contributed by atoms with Gasteiger partial charge in [-0.2, -0.15) is 0 Å². The van der Waals surface area contributed by atoms with Crippen LogP contribution >= 0.6 is 0 Å². The minimum atomic E-state index is -0.112. The number of benzene rings is 4. The number of hydrogen-bond donors (Lipinski definition) is 1. The van der Waals surface area contributed by atoms with E-state index < -0.39 is 0 Å². The number of nitrogens with one attached hydrogen (secondary N) is 1. The standard InChI is InChI=1S/C38H41NO2/c1-6-25(2)27(4)34-22-29(16-15-26(34)3)21-28-17-19-32(20-18-28)38(40)39-33-23-35(30-13-10-14-30)37(36(24-33)41-5)31-11-8-7-9-12-31/h7-9,11-12,15-20,22-24,30H,6,10,13-14,21H2,1-5H3,(H,39,40)/b27-25-. The minimum absolute atomic E-state index is 0.112. The number of aryl methyl sites for hydroxylation is 1. The van der Waals surface area contributed by atoms with Gasteiger partial charge in [-0.05, 0) is 110 Å². The van der Waals surface area contributed by atoms with Crippen LogP contribution in [0.15, 0.2) is 90.5 Å². The second-order valence-corrected chi connectivity index (χ2v) is 11.4. The van der Waals surface area contributed by atoms with Crippen molar-refractivity contribution in [3.05, 3.63) is 124 Å². The molecule has 5 rings (SSSR count). The fraction of sp³-hybridized carbons (Fsp3) is 0.289. The highest BCUT2D eigenvalue weighted by Crippen LogP contribution is 2.46. The van der Waals surface area contributed by atoms with E-state index in [2.05, 4.69) is 93.7 Å². The van der Waals surface area contributed by atoms with Gasteiger partial charge in [0.15, 0.2) is 0 Å². The second-order valence-electron chi connectivity index (χ2n) is 11.4. The monoisotopic (exact) mass is 543 g/mol. The van der Waals surface area contributed by atoms with Gasteiger partial charge in [-0.25, -0.2) is 0 Å². The summed E-state index contributed by atoms with van der Waals surface area (Å²) in [4.78, 5) is 13.3. The maximum absolute atomic E-state index is 13.3. The van der Waals surface area contributed by atoms with E-state index in [0.29, 0.717) is 11.5 Å². The molecule has 0 spiro atoms. The molecule has 0 aromatic heterocycles. The number of methoxy groups -OCH3 is 1. The number of anilines is 1. The van der Waals surface area contributed by atoms with E-state index >= 15 is 0 Å². The third-order valence-corrected chi connectivity index (χ3v) is 8.72. The predicted molar refractivity (Wildman–Crippen MR) is 172 cm³/mol. The first-order valence-corrected chi connectivity index (χ1v) is 14.8. The minimum Gasteiger partial charge on any atom is -0.496 e. The smallest absolute Gasteiger partial charge is 0.255 e. The highest BCUT2D eigenvalue weighted by atomic mass is 16.5. The Morgan fingerprint density at radius 3 is 2.24 bits per heavy atom. The van der Waals surface area contributed by atoms with E-state index in [9.17, 15) is 4.79 Å². The summed E-state index contributed by atoms with van der Waals surface area (Å²) in [6, 6.07) is 29.2. The highest BCUT2D eigenvalue weighted by molar-refractivity contribution is 6.04. The van der Waals surface area contributed by atoms with Crippen LogP contribution < -0.4 is 10.1 Å². The number of carbonyl (C=O) groups is 1. The Labute approximate surface area is 245 Å². The van der Waals surface area contributed by atoms with Crippen LogP contribution in [0.4, 0.5) is 5.69 Å². The Balaban J connectivity index is 1.35. The van der Waals surface area contributed by atoms with E-state index in [4.69, 9.17) is 4.74 Å². The summed E-state index contributed by atoms with van der Waals surface area (Å²) in [5, 5.41) is 3.14. The Bertz CT molecular complexity index is 1560. The molecule has 41 heavy (non-hydrogen) atoms. The summed E-state index contributed by atoms with van der Waals surface area (Å²) in [6.45, 7) is 8.82. The van der Waals surface area contributed by atoms with Gasteiger partial charge in [0, 0.05) is 22.9 Å². The first-order chi connectivity index (χ1) is 19.9. The molecule has 3 nitrogen and oxygen atoms in total. The fourth-order valence-corrected chi connectivity index (χ4v) is 5.72. The lowest BCUT2D eigenvalue weighted by atomic mass is 9.76. The third-order valence-electron chi connectivity index (χ3n) is 8.72. The molecule has 1 fully saturated rings. The van der Waals surface area contributed by atoms with Crippen LogP contribution in [-0.2, 0) is 6.42 Å². The highest BCUT2D eigenvalue weighted by Gasteiger charge is 2.26. The fourth-order valence-electron chi connectivity index (χ4n) is 5.72. The molecule has 0 atom stereocenters. The summed E-state index contributed by atoms with van der Waals surface area (Å²) in [7, 11) is 1.70. The van der Waals surface area contributed by atoms with Crippen LogP contribution in [0, 0.1) is 6.92 Å². The van der Waals surface area contributed by atoms with Gasteiger partial charge in [0.05, 0.1) is 7.11 Å². The number of amides is 1. The van der Waals surface area contributed by atoms with Crippen LogP contribution in [0.1, 0.15) is 90.5 Å². The van der Waals surface area contributed by atoms with Gasteiger partial charge in [0.25, 0.3) is 5.91 Å². The molecule has 1 amide bonds. The summed E-state index contributed by atoms with van der Waals surface area (Å²) in [6.07, 6.45) is 5.46. The molecule has 1 N–H and O–H groups in total. The molecule has 1 aliphatic carbocycles. The van der Waals surface area contributed by atoms with Gasteiger partial charge in [0.1, 0.15) is 5.75 Å². The Morgan fingerprint density at radius 1 is 0.902 bits per heavy atom. The molecule has 0 radical (unpaired) electrons. The van der Waals surface area contributed by atoms with Crippen molar-refractivity contribution in [2.75, 3.05) is 12.4 Å². The topological polar surface area (TPSA) is 38.3 Å². The largest absolute Gasteiger partial charge is 0.496 e. The van der Waals surface area contributed by atoms with Crippen LogP contribution in [0.25, 0.3) is 16.7 Å². The lowest BCUT2D eigenvalue weighted by Crippen LogP contribution is -2.15. The van der Waals surface area contributed by atoms with Crippen molar-refractivity contribution in [3.63, 3.8) is 0 Å². The van der Waals surface area contributed by atoms with Gasteiger partial charge in [-0.1, -0.05) is 79.6 Å². The first kappa shape index (κ1) is 28.4. The lowest BCUT2D eigenvalue weighted by molar-refractivity contribution is 0.102. The number of carbonyl (C=O) groups excluding carboxylic acids is 1. The van der Waals surface area contributed by atoms with Gasteiger partial charge in [0.2, 0.25) is 0 Å². The van der Waals surface area contributed by atoms with Crippen LogP contribution in [-0.4, -0.2) is 13.0 Å². The molecular formula is C38H41NO2. The van der Waals surface area contributed by atoms with Crippen molar-refractivity contribution < 1.29 is 9.53 Å². The van der Waals surface area contributed by atoms with E-state index in [1.807, 2.05) is 24.3 Å². The molecular weight excluding hydrogens is 502 g/mol. The quantitative estimate of drug-likeness (QED) is 0.228. The summed E-state index contributed by atoms with van der Waals surface area (Å²) >= 11 is 0. The number of rotatable bonds is 9. The zero-order chi connectivity index (χ0) is 28.9. The van der Waals surface area contributed by atoms with Gasteiger partial charge < -0.3 is 10.1 Å². The molecule has 0 saturated heterocycles. The zero-order valence-corrected chi connectivity index (χ0v) is 25.0. The van der Waals surface area contributed by atoms with Crippen LogP contribution in [0.2, 0.25) is 0 Å². The van der Waals surface area contributed by atoms with Gasteiger partial charge in [-0.3, -0.25) is 4.79 Å². The zero-order valence-electron chi connectivity index (χ0n) is 25.0. The number of allylic oxidation sites excluding steroid dienone is 2. The van der Waals surface area contributed by atoms with Crippen molar-refractivity contribution in [1.82, 2.24) is 0 Å². The SMILES string of the molecule is CC/C(C)=C(/C)c1cc(Cc2ccc(C(=O)Nc3cc(OC)c(-c4ccccc4)c(C4CCC4)c3)cc2)ccc1C. The molecule has 0 bridgehead atoms. The van der Waals surface area contributed by atoms with E-state index in [1.54, 1.807) is 7.11 Å². The Kier molecular flexibility index (Phi) is 8.73. The Morgan fingerprint density at radius 2 is 1.61 bits per heavy atom. The summed E-state index contributed by atoms with van der Waals surface area (Å²) < 4.78 is 5.86. The van der Waals surface area contributed by atoms with Gasteiger partial charge in [-0.15, -0.1) is 0 Å². The second kappa shape index (κ2) is 12.6. The molecule has 0 unspecified atom stereocenters. The number of hydrogen-bond acceptors (Lipinski definition) is 2. The molecule has 1 aliphatic rings. The lowest BCUT2D eigenvalue weighted by Gasteiger charge is -2.29. The number of ether oxygens (including phenoxy) is 1. The Hall–Kier alpha value is -4.11. The van der Waals surface area contributed by atoms with Crippen molar-refractivity contribution in [2.24, 2.45) is 0 Å². The molecule has 4 aromatic rings. The van der Waals surface area contributed by atoms with E-state index in [0.717, 1.165) is 35.4 Å². The van der Waals surface area contributed by atoms with Crippen LogP contribution in [0.3, 0.4) is 0 Å². The van der Waals surface area contributed by atoms with Gasteiger partial charge >= 0.3 is 0 Å². The van der Waals surface area contributed by atoms with E-state index in [1.165, 1.54) is 58.2 Å². The van der Waals surface area contributed by atoms with Crippen molar-refractivity contribution >= 4 is 17.2 Å². The van der Waals surface area contributed by atoms with Crippen molar-refractivity contribution in [2.45, 2.75) is 65.7 Å². The molecule has 0 aliphatic heterocycles. The average Bonchev–Trinajstić information content (AvgIpc) is 2.97. The molecule has 0 heterocycles. The van der Waals surface area contributed by atoms with Crippen LogP contribution in [0.5, 0.6) is 5.75 Å². The van der Waals surface area contributed by atoms with E-state index in [-0.39, 0.29) is 5.91 Å². The predicted octanol–water partition coefficient (Wildman–Crippen LogP) is 9.98. The van der Waals surface area contributed by atoms with Crippen molar-refractivity contribution in [1.29, 1.82) is 0 Å². The summed E-state index contributed by atoms with van der Waals surface area (Å²) in [5.41, 5.74) is 12.8. The molecule has 210 valence electrons.